The Morgan fingerprint density at radius 2 is 1.68 bits per heavy atom. The first-order valence-corrected chi connectivity index (χ1v) is 6.36. The van der Waals surface area contributed by atoms with E-state index in [-0.39, 0.29) is 16.9 Å². The van der Waals surface area contributed by atoms with E-state index in [2.05, 4.69) is 0 Å². The molecule has 0 aromatic heterocycles. The zero-order chi connectivity index (χ0) is 13.8. The molecule has 0 fully saturated rings. The van der Waals surface area contributed by atoms with Gasteiger partial charge in [-0.05, 0) is 48.2 Å². The molecule has 0 amide bonds. The van der Waals surface area contributed by atoms with Crippen molar-refractivity contribution in [2.24, 2.45) is 5.73 Å². The fraction of sp³-hybridized carbons (Fsp3) is 0.200. The average molecular weight is 282 g/mol. The zero-order valence-corrected chi connectivity index (χ0v) is 11.0. The number of hydrogen-bond donors (Lipinski definition) is 1. The molecule has 0 saturated heterocycles. The molecule has 4 heteroatoms. The van der Waals surface area contributed by atoms with Crippen molar-refractivity contribution in [1.82, 2.24) is 0 Å². The normalized spacial score (nSPS) is 12.4. The first-order valence-electron chi connectivity index (χ1n) is 5.98. The molecule has 0 spiro atoms. The molecule has 2 aromatic rings. The van der Waals surface area contributed by atoms with E-state index in [1.165, 1.54) is 18.2 Å². The highest BCUT2D eigenvalue weighted by molar-refractivity contribution is 6.30. The van der Waals surface area contributed by atoms with Gasteiger partial charge in [0, 0.05) is 6.04 Å². The summed E-state index contributed by atoms with van der Waals surface area (Å²) in [5.74, 6) is -0.710. The van der Waals surface area contributed by atoms with Gasteiger partial charge in [0.2, 0.25) is 0 Å². The molecule has 0 radical (unpaired) electrons. The summed E-state index contributed by atoms with van der Waals surface area (Å²) >= 11 is 5.71. The molecule has 1 unspecified atom stereocenters. The third-order valence-corrected chi connectivity index (χ3v) is 3.16. The fourth-order valence-corrected chi connectivity index (χ4v) is 2.21. The van der Waals surface area contributed by atoms with E-state index >= 15 is 0 Å². The van der Waals surface area contributed by atoms with Gasteiger partial charge in [-0.15, -0.1) is 0 Å². The van der Waals surface area contributed by atoms with Crippen LogP contribution in [0.25, 0.3) is 0 Å². The van der Waals surface area contributed by atoms with Crippen LogP contribution >= 0.6 is 11.6 Å². The smallest absolute Gasteiger partial charge is 0.141 e. The van der Waals surface area contributed by atoms with Crippen LogP contribution < -0.4 is 5.73 Å². The van der Waals surface area contributed by atoms with Gasteiger partial charge >= 0.3 is 0 Å². The lowest BCUT2D eigenvalue weighted by Gasteiger charge is -2.12. The molecule has 2 aromatic carbocycles. The lowest BCUT2D eigenvalue weighted by atomic mass is 10.00. The highest BCUT2D eigenvalue weighted by Gasteiger charge is 2.08. The second kappa shape index (κ2) is 6.13. The van der Waals surface area contributed by atoms with Gasteiger partial charge in [-0.2, -0.15) is 0 Å². The lowest BCUT2D eigenvalue weighted by Crippen LogP contribution is -2.25. The van der Waals surface area contributed by atoms with E-state index in [1.54, 1.807) is 18.2 Å². The minimum absolute atomic E-state index is 0.0930. The summed E-state index contributed by atoms with van der Waals surface area (Å²) < 4.78 is 26.1. The standard InChI is InChI=1S/C15H14ClF2N/c16-14-9-11(4-5-15(14)18)8-13(19)7-10-2-1-3-12(17)6-10/h1-6,9,13H,7-8,19H2. The van der Waals surface area contributed by atoms with Crippen molar-refractivity contribution in [3.63, 3.8) is 0 Å². The number of rotatable bonds is 4. The number of nitrogens with two attached hydrogens (primary N) is 1. The van der Waals surface area contributed by atoms with Crippen molar-refractivity contribution in [2.75, 3.05) is 0 Å². The Bertz CT molecular complexity index is 572. The van der Waals surface area contributed by atoms with Gasteiger partial charge in [0.15, 0.2) is 0 Å². The lowest BCUT2D eigenvalue weighted by molar-refractivity contribution is 0.615. The fourth-order valence-electron chi connectivity index (χ4n) is 2.01. The third-order valence-electron chi connectivity index (χ3n) is 2.87. The van der Waals surface area contributed by atoms with E-state index in [9.17, 15) is 8.78 Å². The molecule has 100 valence electrons. The van der Waals surface area contributed by atoms with Gasteiger partial charge in [-0.25, -0.2) is 8.78 Å². The second-order valence-corrected chi connectivity index (χ2v) is 4.95. The number of benzene rings is 2. The van der Waals surface area contributed by atoms with Crippen molar-refractivity contribution in [3.05, 3.63) is 70.2 Å². The van der Waals surface area contributed by atoms with Gasteiger partial charge in [0.05, 0.1) is 5.02 Å². The van der Waals surface area contributed by atoms with Crippen LogP contribution in [0.2, 0.25) is 5.02 Å². The van der Waals surface area contributed by atoms with Crippen LogP contribution in [-0.2, 0) is 12.8 Å². The van der Waals surface area contributed by atoms with Crippen molar-refractivity contribution >= 4 is 11.6 Å². The topological polar surface area (TPSA) is 26.0 Å². The third kappa shape index (κ3) is 4.01. The van der Waals surface area contributed by atoms with Crippen LogP contribution in [0.1, 0.15) is 11.1 Å². The van der Waals surface area contributed by atoms with E-state index in [4.69, 9.17) is 17.3 Å². The molecule has 1 nitrogen and oxygen atoms in total. The monoisotopic (exact) mass is 281 g/mol. The molecule has 2 N–H and O–H groups in total. The summed E-state index contributed by atoms with van der Waals surface area (Å²) in [6.45, 7) is 0. The average Bonchev–Trinajstić information content (AvgIpc) is 2.34. The van der Waals surface area contributed by atoms with Gasteiger partial charge in [-0.3, -0.25) is 0 Å². The summed E-state index contributed by atoms with van der Waals surface area (Å²) in [5.41, 5.74) is 7.74. The Hall–Kier alpha value is -1.45. The Balaban J connectivity index is 2.01. The van der Waals surface area contributed by atoms with Gasteiger partial charge < -0.3 is 5.73 Å². The predicted molar refractivity (Wildman–Crippen MR) is 73.2 cm³/mol. The maximum atomic E-state index is 13.0. The van der Waals surface area contributed by atoms with Crippen LogP contribution in [0.4, 0.5) is 8.78 Å². The van der Waals surface area contributed by atoms with Crippen LogP contribution in [0.5, 0.6) is 0 Å². The molecule has 0 saturated carbocycles. The summed E-state index contributed by atoms with van der Waals surface area (Å²) in [6, 6.07) is 10.8. The molecule has 19 heavy (non-hydrogen) atoms. The summed E-state index contributed by atoms with van der Waals surface area (Å²) in [5, 5.41) is 0.0930. The summed E-state index contributed by atoms with van der Waals surface area (Å²) in [6.07, 6.45) is 1.13. The minimum atomic E-state index is -0.441. The number of halogens is 3. The second-order valence-electron chi connectivity index (χ2n) is 4.55. The Labute approximate surface area is 116 Å². The molecular formula is C15H14ClF2N. The van der Waals surface area contributed by atoms with Crippen LogP contribution in [0, 0.1) is 11.6 Å². The molecule has 0 aliphatic carbocycles. The van der Waals surface area contributed by atoms with Gasteiger partial charge in [0.1, 0.15) is 11.6 Å². The first kappa shape index (κ1) is 14.0. The van der Waals surface area contributed by atoms with E-state index in [0.29, 0.717) is 12.8 Å². The predicted octanol–water partition coefficient (Wildman–Crippen LogP) is 3.73. The Morgan fingerprint density at radius 1 is 1.00 bits per heavy atom. The Kier molecular flexibility index (Phi) is 4.51. The summed E-state index contributed by atoms with van der Waals surface area (Å²) in [4.78, 5) is 0. The van der Waals surface area contributed by atoms with E-state index in [1.807, 2.05) is 6.07 Å². The van der Waals surface area contributed by atoms with Crippen molar-refractivity contribution in [1.29, 1.82) is 0 Å². The first-order chi connectivity index (χ1) is 9.04. The molecule has 0 heterocycles. The molecule has 0 aliphatic rings. The largest absolute Gasteiger partial charge is 0.327 e. The summed E-state index contributed by atoms with van der Waals surface area (Å²) in [7, 11) is 0. The van der Waals surface area contributed by atoms with E-state index in [0.717, 1.165) is 11.1 Å². The molecular weight excluding hydrogens is 268 g/mol. The number of hydrogen-bond acceptors (Lipinski definition) is 1. The highest BCUT2D eigenvalue weighted by Crippen LogP contribution is 2.17. The maximum absolute atomic E-state index is 13.0. The molecule has 0 bridgehead atoms. The quantitative estimate of drug-likeness (QED) is 0.908. The maximum Gasteiger partial charge on any atom is 0.141 e. The Morgan fingerprint density at radius 3 is 2.32 bits per heavy atom. The van der Waals surface area contributed by atoms with Crippen LogP contribution in [-0.4, -0.2) is 6.04 Å². The molecule has 0 aliphatic heterocycles. The zero-order valence-electron chi connectivity index (χ0n) is 10.2. The van der Waals surface area contributed by atoms with Crippen molar-refractivity contribution < 1.29 is 8.78 Å². The van der Waals surface area contributed by atoms with E-state index < -0.39 is 5.82 Å². The minimum Gasteiger partial charge on any atom is -0.327 e. The van der Waals surface area contributed by atoms with Gasteiger partial charge in [-0.1, -0.05) is 29.8 Å². The van der Waals surface area contributed by atoms with Crippen LogP contribution in [0.15, 0.2) is 42.5 Å². The molecule has 1 atom stereocenters. The van der Waals surface area contributed by atoms with Crippen molar-refractivity contribution in [2.45, 2.75) is 18.9 Å². The van der Waals surface area contributed by atoms with Gasteiger partial charge in [0.25, 0.3) is 0 Å². The molecule has 2 rings (SSSR count). The highest BCUT2D eigenvalue weighted by atomic mass is 35.5. The van der Waals surface area contributed by atoms with Crippen molar-refractivity contribution in [3.8, 4) is 0 Å². The van der Waals surface area contributed by atoms with Crippen LogP contribution in [0.3, 0.4) is 0 Å². The SMILES string of the molecule is NC(Cc1cccc(F)c1)Cc1ccc(F)c(Cl)c1.